The van der Waals surface area contributed by atoms with E-state index in [1.165, 1.54) is 6.92 Å². The monoisotopic (exact) mass is 340 g/mol. The molecule has 0 aromatic carbocycles. The molecule has 0 unspecified atom stereocenters. The van der Waals surface area contributed by atoms with Crippen molar-refractivity contribution < 1.29 is 13.5 Å². The molecule has 24 heavy (non-hydrogen) atoms. The summed E-state index contributed by atoms with van der Waals surface area (Å²) in [5.74, 6) is -5.02. The molecule has 1 fully saturated rings. The third kappa shape index (κ3) is 2.03. The average molecular weight is 340 g/mol. The van der Waals surface area contributed by atoms with Crippen molar-refractivity contribution in [2.75, 3.05) is 5.73 Å². The van der Waals surface area contributed by atoms with Gasteiger partial charge in [0.05, 0.1) is 12.2 Å². The van der Waals surface area contributed by atoms with Crippen LogP contribution >= 0.6 is 0 Å². The van der Waals surface area contributed by atoms with Crippen LogP contribution in [0.1, 0.15) is 26.5 Å². The number of imidazole rings is 1. The van der Waals surface area contributed by atoms with Gasteiger partial charge in [-0.1, -0.05) is 19.0 Å². The van der Waals surface area contributed by atoms with Crippen LogP contribution in [0.5, 0.6) is 0 Å². The summed E-state index contributed by atoms with van der Waals surface area (Å²) < 4.78 is 36.0. The van der Waals surface area contributed by atoms with E-state index in [0.717, 1.165) is 10.9 Å². The van der Waals surface area contributed by atoms with Crippen molar-refractivity contribution in [2.24, 2.45) is 11.0 Å². The number of nitrogens with two attached hydrogens (primary N) is 1. The number of halogens is 2. The lowest BCUT2D eigenvalue weighted by molar-refractivity contribution is -0.133. The minimum absolute atomic E-state index is 0.0487. The van der Waals surface area contributed by atoms with Crippen LogP contribution in [0.25, 0.3) is 21.6 Å². The first-order chi connectivity index (χ1) is 11.3. The zero-order valence-corrected chi connectivity index (χ0v) is 12.8. The fourth-order valence-electron chi connectivity index (χ4n) is 2.89. The van der Waals surface area contributed by atoms with Gasteiger partial charge in [0.2, 0.25) is 12.2 Å². The fourth-order valence-corrected chi connectivity index (χ4v) is 2.89. The van der Waals surface area contributed by atoms with E-state index in [1.807, 2.05) is 0 Å². The number of nitrogens with one attached hydrogen (secondary N) is 1. The molecule has 1 aliphatic heterocycles. The first-order valence-electron chi connectivity index (χ1n) is 7.11. The smallest absolute Gasteiger partial charge is 0.297 e. The van der Waals surface area contributed by atoms with Crippen LogP contribution in [-0.2, 0) is 4.74 Å². The molecule has 128 valence electrons. The van der Waals surface area contributed by atoms with E-state index in [1.54, 1.807) is 6.92 Å². The van der Waals surface area contributed by atoms with Gasteiger partial charge in [0.1, 0.15) is 0 Å². The molecule has 3 heterocycles. The third-order valence-electron chi connectivity index (χ3n) is 4.32. The topological polar surface area (TPSA) is 148 Å². The predicted octanol–water partition coefficient (Wildman–Crippen LogP) is 1.92. The van der Waals surface area contributed by atoms with Crippen LogP contribution in [0.3, 0.4) is 0 Å². The molecular formula is C12H14F2N8O2. The molecule has 3 N–H and O–H groups in total. The van der Waals surface area contributed by atoms with Gasteiger partial charge in [0, 0.05) is 4.91 Å². The van der Waals surface area contributed by atoms with Gasteiger partial charge in [-0.15, -0.1) is 0 Å². The van der Waals surface area contributed by atoms with Crippen LogP contribution in [0.4, 0.5) is 14.7 Å². The maximum atomic E-state index is 14.8. The number of aromatic amines is 1. The second kappa shape index (κ2) is 5.14. The molecule has 1 saturated heterocycles. The van der Waals surface area contributed by atoms with Crippen LogP contribution in [-0.4, -0.2) is 31.2 Å². The number of ether oxygens (including phenoxy) is 1. The number of hydrogen-bond donors (Lipinski definition) is 2. The maximum absolute atomic E-state index is 14.8. The van der Waals surface area contributed by atoms with E-state index in [4.69, 9.17) is 16.0 Å². The number of rotatable bonds is 3. The summed E-state index contributed by atoms with van der Waals surface area (Å²) in [7, 11) is 0. The van der Waals surface area contributed by atoms with E-state index in [9.17, 15) is 13.6 Å². The average Bonchev–Trinajstić information content (AvgIpc) is 3.01. The van der Waals surface area contributed by atoms with E-state index >= 15 is 0 Å². The Morgan fingerprint density at radius 3 is 2.96 bits per heavy atom. The van der Waals surface area contributed by atoms with E-state index < -0.39 is 29.4 Å². The van der Waals surface area contributed by atoms with Crippen LogP contribution in [0.2, 0.25) is 0 Å². The highest BCUT2D eigenvalue weighted by Gasteiger charge is 2.64. The van der Waals surface area contributed by atoms with Crippen molar-refractivity contribution in [3.8, 4) is 0 Å². The molecule has 3 atom stereocenters. The predicted molar refractivity (Wildman–Crippen MR) is 79.0 cm³/mol. The lowest BCUT2D eigenvalue weighted by atomic mass is 9.92. The second-order valence-electron chi connectivity index (χ2n) is 5.53. The molecule has 0 amide bonds. The van der Waals surface area contributed by atoms with E-state index in [0.29, 0.717) is 0 Å². The molecule has 0 spiro atoms. The molecule has 1 aliphatic rings. The number of alkyl halides is 2. The molecule has 0 bridgehead atoms. The van der Waals surface area contributed by atoms with E-state index in [-0.39, 0.29) is 23.5 Å². The van der Waals surface area contributed by atoms with Crippen LogP contribution in [0, 0.1) is 5.92 Å². The van der Waals surface area contributed by atoms with E-state index in [2.05, 4.69) is 25.0 Å². The fraction of sp³-hybridized carbons (Fsp3) is 0.583. The van der Waals surface area contributed by atoms with Gasteiger partial charge in [-0.25, -0.2) is 13.8 Å². The van der Waals surface area contributed by atoms with Gasteiger partial charge in [0.15, 0.2) is 16.9 Å². The Bertz CT molecular complexity index is 902. The van der Waals surface area contributed by atoms with Crippen molar-refractivity contribution in [1.29, 1.82) is 0 Å². The SMILES string of the molecule is CC[C@@]1(N=[N+]=[N-])O[C@@H](n2cnc3c(=O)[nH]c(N)nc32)C(F)(F)[C@@H]1C. The van der Waals surface area contributed by atoms with Crippen molar-refractivity contribution in [3.63, 3.8) is 0 Å². The van der Waals surface area contributed by atoms with Gasteiger partial charge < -0.3 is 10.5 Å². The first kappa shape index (κ1) is 16.1. The van der Waals surface area contributed by atoms with Crippen LogP contribution in [0.15, 0.2) is 16.2 Å². The molecule has 0 saturated carbocycles. The highest BCUT2D eigenvalue weighted by Crippen LogP contribution is 2.54. The zero-order valence-electron chi connectivity index (χ0n) is 12.8. The Kier molecular flexibility index (Phi) is 3.46. The summed E-state index contributed by atoms with van der Waals surface area (Å²) in [5.41, 5.74) is 11.5. The van der Waals surface area contributed by atoms with Gasteiger partial charge in [-0.05, 0) is 12.0 Å². The molecular weight excluding hydrogens is 326 g/mol. The highest BCUT2D eigenvalue weighted by molar-refractivity contribution is 5.70. The lowest BCUT2D eigenvalue weighted by Gasteiger charge is -2.25. The number of nitrogen functional groups attached to an aromatic ring is 1. The number of aromatic nitrogens is 4. The lowest BCUT2D eigenvalue weighted by Crippen LogP contribution is -2.37. The summed E-state index contributed by atoms with van der Waals surface area (Å²) >= 11 is 0. The number of nitrogens with zero attached hydrogens (tertiary/aromatic N) is 6. The third-order valence-corrected chi connectivity index (χ3v) is 4.32. The van der Waals surface area contributed by atoms with Crippen molar-refractivity contribution in [1.82, 2.24) is 19.5 Å². The minimum atomic E-state index is -3.39. The number of hydrogen-bond acceptors (Lipinski definition) is 6. The van der Waals surface area contributed by atoms with Crippen molar-refractivity contribution in [2.45, 2.75) is 38.1 Å². The quantitative estimate of drug-likeness (QED) is 0.497. The standard InChI is InChI=1S/C12H14F2N8O2/c1-3-11(20-21-16)5(2)12(13,14)9(24-11)22-4-17-6-7(22)18-10(15)19-8(6)23/h4-5,9H,3H2,1-2H3,(H3,15,18,19,23)/t5-,9-,11-/m1/s1. The minimum Gasteiger partial charge on any atom is -0.369 e. The Labute approximate surface area is 133 Å². The number of fused-ring (bicyclic) bond motifs is 1. The molecule has 2 aromatic heterocycles. The zero-order chi connectivity index (χ0) is 17.7. The Morgan fingerprint density at radius 1 is 1.62 bits per heavy atom. The summed E-state index contributed by atoms with van der Waals surface area (Å²) in [6, 6.07) is 0. The molecule has 0 aliphatic carbocycles. The largest absolute Gasteiger partial charge is 0.369 e. The van der Waals surface area contributed by atoms with Crippen molar-refractivity contribution >= 4 is 17.1 Å². The van der Waals surface area contributed by atoms with Gasteiger partial charge in [-0.2, -0.15) is 4.98 Å². The molecule has 12 heteroatoms. The summed E-state index contributed by atoms with van der Waals surface area (Å²) in [6.07, 6.45) is -0.760. The molecule has 3 rings (SSSR count). The maximum Gasteiger partial charge on any atom is 0.297 e. The first-order valence-corrected chi connectivity index (χ1v) is 7.11. The molecule has 0 radical (unpaired) electrons. The molecule has 2 aromatic rings. The normalized spacial score (nSPS) is 28.8. The number of anilines is 1. The second-order valence-corrected chi connectivity index (χ2v) is 5.53. The highest BCUT2D eigenvalue weighted by atomic mass is 19.3. The number of azide groups is 1. The van der Waals surface area contributed by atoms with Gasteiger partial charge in [0.25, 0.3) is 11.5 Å². The van der Waals surface area contributed by atoms with Crippen molar-refractivity contribution in [3.05, 3.63) is 27.1 Å². The number of H-pyrrole nitrogens is 1. The summed E-state index contributed by atoms with van der Waals surface area (Å²) in [6.45, 7) is 2.82. The summed E-state index contributed by atoms with van der Waals surface area (Å²) in [4.78, 5) is 24.3. The van der Waals surface area contributed by atoms with Crippen LogP contribution < -0.4 is 11.3 Å². The Hall–Kier alpha value is -2.72. The van der Waals surface area contributed by atoms with Gasteiger partial charge >= 0.3 is 0 Å². The van der Waals surface area contributed by atoms with Gasteiger partial charge in [-0.3, -0.25) is 14.3 Å². The Morgan fingerprint density at radius 2 is 2.33 bits per heavy atom. The summed E-state index contributed by atoms with van der Waals surface area (Å²) in [5, 5.41) is 3.46. The Balaban J connectivity index is 2.20. The molecule has 10 nitrogen and oxygen atoms in total.